The van der Waals surface area contributed by atoms with Gasteiger partial charge in [-0.3, -0.25) is 0 Å². The van der Waals surface area contributed by atoms with Gasteiger partial charge in [0.2, 0.25) is 0 Å². The molecule has 0 N–H and O–H groups in total. The first-order valence-corrected chi connectivity index (χ1v) is 8.12. The largest absolute Gasteiger partial charge is 0.372 e. The summed E-state index contributed by atoms with van der Waals surface area (Å²) >= 11 is 0. The van der Waals surface area contributed by atoms with Crippen molar-refractivity contribution in [3.05, 3.63) is 71.3 Å². The van der Waals surface area contributed by atoms with Crippen LogP contribution in [-0.2, 0) is 17.6 Å². The molecule has 1 aliphatic rings. The van der Waals surface area contributed by atoms with Crippen molar-refractivity contribution in [3.8, 4) is 0 Å². The van der Waals surface area contributed by atoms with Crippen LogP contribution in [0.15, 0.2) is 54.6 Å². The lowest BCUT2D eigenvalue weighted by Gasteiger charge is -2.22. The van der Waals surface area contributed by atoms with E-state index in [1.807, 2.05) is 0 Å². The molecule has 0 bridgehead atoms. The zero-order valence-corrected chi connectivity index (χ0v) is 13.5. The first-order chi connectivity index (χ1) is 10.7. The van der Waals surface area contributed by atoms with E-state index in [1.165, 1.54) is 16.7 Å². The normalized spacial score (nSPS) is 20.3. The van der Waals surface area contributed by atoms with E-state index in [0.29, 0.717) is 5.92 Å². The third kappa shape index (κ3) is 3.57. The number of hydrogen-bond donors (Lipinski definition) is 0. The van der Waals surface area contributed by atoms with E-state index in [9.17, 15) is 0 Å². The van der Waals surface area contributed by atoms with Crippen LogP contribution in [0.25, 0.3) is 0 Å². The van der Waals surface area contributed by atoms with E-state index in [1.54, 1.807) is 0 Å². The number of benzene rings is 2. The minimum Gasteiger partial charge on any atom is -0.372 e. The lowest BCUT2D eigenvalue weighted by molar-refractivity contribution is 0.0131. The summed E-state index contributed by atoms with van der Waals surface area (Å²) in [7, 11) is 4.18. The molecule has 0 aromatic heterocycles. The van der Waals surface area contributed by atoms with Crippen LogP contribution >= 0.6 is 0 Å². The summed E-state index contributed by atoms with van der Waals surface area (Å²) in [5.41, 5.74) is 4.25. The minimum atomic E-state index is 0.233. The molecule has 0 saturated heterocycles. The Morgan fingerprint density at radius 2 is 1.73 bits per heavy atom. The van der Waals surface area contributed by atoms with Gasteiger partial charge in [-0.25, -0.2) is 0 Å². The molecule has 0 radical (unpaired) electrons. The van der Waals surface area contributed by atoms with Crippen LogP contribution in [0.3, 0.4) is 0 Å². The van der Waals surface area contributed by atoms with E-state index in [-0.39, 0.29) is 6.10 Å². The average molecular weight is 295 g/mol. The molecule has 0 heterocycles. The number of fused-ring (bicyclic) bond motifs is 1. The van der Waals surface area contributed by atoms with E-state index >= 15 is 0 Å². The molecule has 0 spiro atoms. The predicted molar refractivity (Wildman–Crippen MR) is 91.0 cm³/mol. The van der Waals surface area contributed by atoms with Crippen LogP contribution in [0, 0.1) is 5.92 Å². The molecule has 2 unspecified atom stereocenters. The summed E-state index contributed by atoms with van der Waals surface area (Å²) in [4.78, 5) is 2.17. The molecule has 2 atom stereocenters. The number of rotatable bonds is 6. The fraction of sp³-hybridized carbons (Fsp3) is 0.400. The van der Waals surface area contributed by atoms with Crippen LogP contribution in [0.2, 0.25) is 0 Å². The Hall–Kier alpha value is -1.64. The summed E-state index contributed by atoms with van der Waals surface area (Å²) in [5, 5.41) is 0. The monoisotopic (exact) mass is 295 g/mol. The van der Waals surface area contributed by atoms with Gasteiger partial charge in [0.15, 0.2) is 0 Å². The van der Waals surface area contributed by atoms with Crippen LogP contribution in [0.4, 0.5) is 0 Å². The van der Waals surface area contributed by atoms with Gasteiger partial charge < -0.3 is 9.64 Å². The van der Waals surface area contributed by atoms with Gasteiger partial charge in [0.05, 0.1) is 12.7 Å². The maximum absolute atomic E-state index is 6.28. The highest BCUT2D eigenvalue weighted by molar-refractivity contribution is 5.35. The lowest BCUT2D eigenvalue weighted by atomic mass is 9.94. The van der Waals surface area contributed by atoms with Crippen molar-refractivity contribution in [2.24, 2.45) is 5.92 Å². The average Bonchev–Trinajstić information content (AvgIpc) is 2.86. The fourth-order valence-electron chi connectivity index (χ4n) is 3.33. The SMILES string of the molecule is CN(C)CCOC1c2ccccc2CC1Cc1ccccc1. The fourth-order valence-corrected chi connectivity index (χ4v) is 3.33. The maximum atomic E-state index is 6.28. The van der Waals surface area contributed by atoms with Gasteiger partial charge in [-0.05, 0) is 49.5 Å². The highest BCUT2D eigenvalue weighted by atomic mass is 16.5. The van der Waals surface area contributed by atoms with Crippen molar-refractivity contribution in [2.75, 3.05) is 27.2 Å². The predicted octanol–water partition coefficient (Wildman–Crippen LogP) is 3.72. The first-order valence-electron chi connectivity index (χ1n) is 8.12. The number of hydrogen-bond acceptors (Lipinski definition) is 2. The molecule has 0 amide bonds. The second-order valence-corrected chi connectivity index (χ2v) is 6.45. The zero-order valence-electron chi connectivity index (χ0n) is 13.5. The molecule has 2 nitrogen and oxygen atoms in total. The van der Waals surface area contributed by atoms with Crippen LogP contribution in [0.1, 0.15) is 22.8 Å². The summed E-state index contributed by atoms with van der Waals surface area (Å²) < 4.78 is 6.28. The van der Waals surface area contributed by atoms with Gasteiger partial charge in [0.1, 0.15) is 0 Å². The molecular formula is C20H25NO. The number of likely N-dealkylation sites (N-methyl/N-ethyl adjacent to an activating group) is 1. The Balaban J connectivity index is 1.74. The molecule has 2 aromatic carbocycles. The Morgan fingerprint density at radius 1 is 1.00 bits per heavy atom. The quantitative estimate of drug-likeness (QED) is 0.805. The third-order valence-corrected chi connectivity index (χ3v) is 4.45. The van der Waals surface area contributed by atoms with Gasteiger partial charge in [0.25, 0.3) is 0 Å². The molecule has 3 rings (SSSR count). The summed E-state index contributed by atoms with van der Waals surface area (Å²) in [6.45, 7) is 1.76. The minimum absolute atomic E-state index is 0.233. The Bertz CT molecular complexity index is 594. The smallest absolute Gasteiger partial charge is 0.0862 e. The lowest BCUT2D eigenvalue weighted by Crippen LogP contribution is -2.22. The molecule has 2 aromatic rings. The van der Waals surface area contributed by atoms with E-state index in [0.717, 1.165) is 26.0 Å². The topological polar surface area (TPSA) is 12.5 Å². The van der Waals surface area contributed by atoms with Gasteiger partial charge in [-0.1, -0.05) is 54.6 Å². The van der Waals surface area contributed by atoms with Crippen molar-refractivity contribution in [1.82, 2.24) is 4.90 Å². The summed E-state index contributed by atoms with van der Waals surface area (Å²) in [6.07, 6.45) is 2.44. The highest BCUT2D eigenvalue weighted by Crippen LogP contribution is 2.40. The van der Waals surface area contributed by atoms with Crippen molar-refractivity contribution in [2.45, 2.75) is 18.9 Å². The molecule has 2 heteroatoms. The van der Waals surface area contributed by atoms with Crippen molar-refractivity contribution >= 4 is 0 Å². The standard InChI is InChI=1S/C20H25NO/c1-21(2)12-13-22-20-18(14-16-8-4-3-5-9-16)15-17-10-6-7-11-19(17)20/h3-11,18,20H,12-15H2,1-2H3. The maximum Gasteiger partial charge on any atom is 0.0862 e. The molecule has 116 valence electrons. The molecule has 0 fully saturated rings. The highest BCUT2D eigenvalue weighted by Gasteiger charge is 2.32. The van der Waals surface area contributed by atoms with E-state index in [2.05, 4.69) is 73.6 Å². The van der Waals surface area contributed by atoms with Crippen LogP contribution < -0.4 is 0 Å². The third-order valence-electron chi connectivity index (χ3n) is 4.45. The molecule has 1 aliphatic carbocycles. The first kappa shape index (κ1) is 15.3. The van der Waals surface area contributed by atoms with Gasteiger partial charge >= 0.3 is 0 Å². The summed E-state index contributed by atoms with van der Waals surface area (Å²) in [6, 6.07) is 19.5. The Kier molecular flexibility index (Phi) is 4.91. The Labute approximate surface area is 133 Å². The second-order valence-electron chi connectivity index (χ2n) is 6.45. The summed E-state index contributed by atoms with van der Waals surface area (Å²) in [5.74, 6) is 0.543. The van der Waals surface area contributed by atoms with E-state index < -0.39 is 0 Å². The molecule has 22 heavy (non-hydrogen) atoms. The van der Waals surface area contributed by atoms with E-state index in [4.69, 9.17) is 4.74 Å². The van der Waals surface area contributed by atoms with Crippen molar-refractivity contribution < 1.29 is 4.74 Å². The van der Waals surface area contributed by atoms with Gasteiger partial charge in [-0.2, -0.15) is 0 Å². The molecular weight excluding hydrogens is 270 g/mol. The zero-order chi connectivity index (χ0) is 15.4. The molecule has 0 saturated carbocycles. The van der Waals surface area contributed by atoms with Gasteiger partial charge in [-0.15, -0.1) is 0 Å². The Morgan fingerprint density at radius 3 is 2.50 bits per heavy atom. The van der Waals surface area contributed by atoms with Crippen molar-refractivity contribution in [3.63, 3.8) is 0 Å². The molecule has 0 aliphatic heterocycles. The van der Waals surface area contributed by atoms with Crippen LogP contribution in [-0.4, -0.2) is 32.1 Å². The number of ether oxygens (including phenoxy) is 1. The van der Waals surface area contributed by atoms with Crippen molar-refractivity contribution in [1.29, 1.82) is 0 Å². The van der Waals surface area contributed by atoms with Crippen LogP contribution in [0.5, 0.6) is 0 Å². The van der Waals surface area contributed by atoms with Gasteiger partial charge in [0, 0.05) is 6.54 Å². The number of nitrogens with zero attached hydrogens (tertiary/aromatic N) is 1. The second kappa shape index (κ2) is 7.08.